The molecular formula is C55H36N4. The third-order valence-electron chi connectivity index (χ3n) is 11.3. The van der Waals surface area contributed by atoms with Gasteiger partial charge < -0.3 is 4.57 Å². The van der Waals surface area contributed by atoms with E-state index in [1.807, 2.05) is 60.7 Å². The van der Waals surface area contributed by atoms with Gasteiger partial charge in [0.15, 0.2) is 17.5 Å². The summed E-state index contributed by atoms with van der Waals surface area (Å²) >= 11 is 0. The van der Waals surface area contributed by atoms with E-state index >= 15 is 0 Å². The molecule has 0 saturated heterocycles. The second-order valence-corrected chi connectivity index (χ2v) is 14.8. The Morgan fingerprint density at radius 2 is 0.661 bits per heavy atom. The van der Waals surface area contributed by atoms with Crippen LogP contribution in [0.25, 0.3) is 106 Å². The molecule has 0 fully saturated rings. The molecule has 4 nitrogen and oxygen atoms in total. The molecule has 0 aliphatic heterocycles. The largest absolute Gasteiger partial charge is 0.309 e. The summed E-state index contributed by atoms with van der Waals surface area (Å²) in [6, 6.07) is 77.1. The Hall–Kier alpha value is -7.95. The summed E-state index contributed by atoms with van der Waals surface area (Å²) in [4.78, 5) is 15.1. The van der Waals surface area contributed by atoms with Crippen molar-refractivity contribution in [3.05, 3.63) is 218 Å². The summed E-state index contributed by atoms with van der Waals surface area (Å²) in [7, 11) is 0. The van der Waals surface area contributed by atoms with Crippen LogP contribution in [0.4, 0.5) is 0 Å². The predicted octanol–water partition coefficient (Wildman–Crippen LogP) is 14.1. The van der Waals surface area contributed by atoms with E-state index in [0.717, 1.165) is 55.4 Å². The molecule has 0 saturated carbocycles. The molecule has 0 bridgehead atoms. The second kappa shape index (κ2) is 14.5. The minimum atomic E-state index is 0.646. The van der Waals surface area contributed by atoms with Crippen LogP contribution in [0.15, 0.2) is 218 Å². The van der Waals surface area contributed by atoms with E-state index in [1.54, 1.807) is 0 Å². The molecule has 0 aliphatic carbocycles. The first kappa shape index (κ1) is 34.3. The minimum Gasteiger partial charge on any atom is -0.309 e. The summed E-state index contributed by atoms with van der Waals surface area (Å²) in [5.74, 6) is 1.94. The molecule has 11 rings (SSSR count). The van der Waals surface area contributed by atoms with Gasteiger partial charge in [0.25, 0.3) is 0 Å². The SMILES string of the molecule is c1ccc(-c2nc(-c3ccccc3)nc(-c3ccc(-c4cccc(-c5cccc(-c6ccccc6-n6c7ccccc7c7ccccc76)c5)c4)c4ccccc34)n2)cc1. The van der Waals surface area contributed by atoms with Gasteiger partial charge in [-0.3, -0.25) is 0 Å². The lowest BCUT2D eigenvalue weighted by molar-refractivity contribution is 1.08. The lowest BCUT2D eigenvalue weighted by atomic mass is 9.92. The summed E-state index contributed by atoms with van der Waals surface area (Å²) < 4.78 is 2.41. The van der Waals surface area contributed by atoms with Gasteiger partial charge in [-0.05, 0) is 75.0 Å². The van der Waals surface area contributed by atoms with Crippen LogP contribution >= 0.6 is 0 Å². The van der Waals surface area contributed by atoms with Gasteiger partial charge in [-0.25, -0.2) is 15.0 Å². The minimum absolute atomic E-state index is 0.646. The van der Waals surface area contributed by atoms with E-state index in [4.69, 9.17) is 15.0 Å². The Balaban J connectivity index is 1.00. The summed E-state index contributed by atoms with van der Waals surface area (Å²) in [6.07, 6.45) is 0. The molecule has 0 aliphatic rings. The monoisotopic (exact) mass is 752 g/mol. The van der Waals surface area contributed by atoms with Crippen molar-refractivity contribution in [2.75, 3.05) is 0 Å². The van der Waals surface area contributed by atoms with Gasteiger partial charge in [-0.15, -0.1) is 0 Å². The lowest BCUT2D eigenvalue weighted by Gasteiger charge is -2.15. The van der Waals surface area contributed by atoms with Crippen LogP contribution in [0.2, 0.25) is 0 Å². The van der Waals surface area contributed by atoms with Crippen molar-refractivity contribution in [3.8, 4) is 73.2 Å². The van der Waals surface area contributed by atoms with E-state index in [-0.39, 0.29) is 0 Å². The van der Waals surface area contributed by atoms with Crippen molar-refractivity contribution in [2.24, 2.45) is 0 Å². The summed E-state index contributed by atoms with van der Waals surface area (Å²) in [5.41, 5.74) is 13.4. The molecule has 2 aromatic heterocycles. The van der Waals surface area contributed by atoms with Gasteiger partial charge in [0.05, 0.1) is 16.7 Å². The highest BCUT2D eigenvalue weighted by molar-refractivity contribution is 6.10. The van der Waals surface area contributed by atoms with Gasteiger partial charge >= 0.3 is 0 Å². The molecule has 4 heteroatoms. The van der Waals surface area contributed by atoms with Crippen LogP contribution in [0.5, 0.6) is 0 Å². The molecular weight excluding hydrogens is 717 g/mol. The molecule has 0 atom stereocenters. The number of benzene rings is 9. The Morgan fingerprint density at radius 3 is 1.25 bits per heavy atom. The average molecular weight is 753 g/mol. The van der Waals surface area contributed by atoms with Crippen molar-refractivity contribution < 1.29 is 0 Å². The van der Waals surface area contributed by atoms with Gasteiger partial charge in [-0.2, -0.15) is 0 Å². The zero-order valence-corrected chi connectivity index (χ0v) is 32.1. The van der Waals surface area contributed by atoms with Gasteiger partial charge in [0.1, 0.15) is 0 Å². The van der Waals surface area contributed by atoms with Gasteiger partial charge in [-0.1, -0.05) is 182 Å². The van der Waals surface area contributed by atoms with E-state index in [9.17, 15) is 0 Å². The summed E-state index contributed by atoms with van der Waals surface area (Å²) in [5, 5.41) is 4.74. The first-order valence-corrected chi connectivity index (χ1v) is 19.9. The van der Waals surface area contributed by atoms with Gasteiger partial charge in [0.2, 0.25) is 0 Å². The van der Waals surface area contributed by atoms with E-state index in [2.05, 4.69) is 162 Å². The Bertz CT molecular complexity index is 3220. The standard InChI is InChI=1S/C55H36N4/c1-3-17-37(18-4-1)53-56-54(38-19-5-2-6-20-38)58-55(57-53)49-34-33-43(45-26-7-8-27-46(45)49)41-23-15-21-39(35-41)40-22-16-24-42(36-40)44-25-9-12-30-50(44)59-51-31-13-10-28-47(51)48-29-11-14-32-52(48)59/h1-36H. The first-order chi connectivity index (χ1) is 29.3. The average Bonchev–Trinajstić information content (AvgIpc) is 3.66. The Kier molecular flexibility index (Phi) is 8.45. The first-order valence-electron chi connectivity index (χ1n) is 19.9. The summed E-state index contributed by atoms with van der Waals surface area (Å²) in [6.45, 7) is 0. The molecule has 0 amide bonds. The molecule has 9 aromatic carbocycles. The highest BCUT2D eigenvalue weighted by Gasteiger charge is 2.18. The van der Waals surface area contributed by atoms with Crippen LogP contribution in [0, 0.1) is 0 Å². The number of para-hydroxylation sites is 3. The van der Waals surface area contributed by atoms with Crippen LogP contribution in [-0.4, -0.2) is 19.5 Å². The predicted molar refractivity (Wildman–Crippen MR) is 244 cm³/mol. The number of nitrogens with zero attached hydrogens (tertiary/aromatic N) is 4. The number of aromatic nitrogens is 4. The third kappa shape index (κ3) is 6.15. The highest BCUT2D eigenvalue weighted by atomic mass is 15.0. The topological polar surface area (TPSA) is 43.6 Å². The number of rotatable bonds is 7. The molecule has 11 aromatic rings. The Morgan fingerprint density at radius 1 is 0.254 bits per heavy atom. The second-order valence-electron chi connectivity index (χ2n) is 14.8. The fourth-order valence-corrected chi connectivity index (χ4v) is 8.50. The smallest absolute Gasteiger partial charge is 0.164 e. The van der Waals surface area contributed by atoms with E-state index in [0.29, 0.717) is 17.5 Å². The van der Waals surface area contributed by atoms with E-state index in [1.165, 1.54) is 32.9 Å². The van der Waals surface area contributed by atoms with Crippen LogP contribution in [0.1, 0.15) is 0 Å². The molecule has 0 radical (unpaired) electrons. The third-order valence-corrected chi connectivity index (χ3v) is 11.3. The van der Waals surface area contributed by atoms with Crippen molar-refractivity contribution in [3.63, 3.8) is 0 Å². The molecule has 0 spiro atoms. The zero-order chi connectivity index (χ0) is 39.1. The lowest BCUT2D eigenvalue weighted by Crippen LogP contribution is -2.00. The van der Waals surface area contributed by atoms with Crippen LogP contribution in [0.3, 0.4) is 0 Å². The van der Waals surface area contributed by atoms with Crippen LogP contribution < -0.4 is 0 Å². The van der Waals surface area contributed by atoms with Crippen LogP contribution in [-0.2, 0) is 0 Å². The molecule has 59 heavy (non-hydrogen) atoms. The van der Waals surface area contributed by atoms with Crippen molar-refractivity contribution in [1.82, 2.24) is 19.5 Å². The fourth-order valence-electron chi connectivity index (χ4n) is 8.50. The maximum Gasteiger partial charge on any atom is 0.164 e. The maximum absolute atomic E-state index is 5.07. The molecule has 0 unspecified atom stereocenters. The molecule has 0 N–H and O–H groups in total. The zero-order valence-electron chi connectivity index (χ0n) is 32.1. The highest BCUT2D eigenvalue weighted by Crippen LogP contribution is 2.39. The number of hydrogen-bond acceptors (Lipinski definition) is 3. The van der Waals surface area contributed by atoms with Crippen molar-refractivity contribution in [1.29, 1.82) is 0 Å². The number of fused-ring (bicyclic) bond motifs is 4. The number of hydrogen-bond donors (Lipinski definition) is 0. The maximum atomic E-state index is 5.07. The van der Waals surface area contributed by atoms with E-state index < -0.39 is 0 Å². The van der Waals surface area contributed by atoms with Crippen molar-refractivity contribution in [2.45, 2.75) is 0 Å². The quantitative estimate of drug-likeness (QED) is 0.163. The van der Waals surface area contributed by atoms with Crippen molar-refractivity contribution >= 4 is 32.6 Å². The molecule has 2 heterocycles. The van der Waals surface area contributed by atoms with Gasteiger partial charge in [0, 0.05) is 33.0 Å². The Labute approximate surface area is 342 Å². The normalized spacial score (nSPS) is 11.4. The fraction of sp³-hybridized carbons (Fsp3) is 0. The molecule has 276 valence electrons.